The molecule has 3 atom stereocenters. The van der Waals surface area contributed by atoms with Crippen molar-refractivity contribution in [1.82, 2.24) is 48.6 Å². The van der Waals surface area contributed by atoms with Gasteiger partial charge in [-0.15, -0.1) is 0 Å². The Hall–Kier alpha value is -5.60. The molecular formula is C45H53F3N12O5. The fraction of sp³-hybridized carbons (Fsp3) is 0.578. The van der Waals surface area contributed by atoms with Crippen LogP contribution in [-0.4, -0.2) is 131 Å². The Balaban J connectivity index is 0.661. The first-order valence-electron chi connectivity index (χ1n) is 23.0. The number of para-hydroxylation sites is 1. The van der Waals surface area contributed by atoms with Crippen molar-refractivity contribution in [3.05, 3.63) is 70.2 Å². The fourth-order valence-electron chi connectivity index (χ4n) is 11.6. The predicted molar refractivity (Wildman–Crippen MR) is 232 cm³/mol. The molecule has 1 aromatic carbocycles. The number of carbonyl (C=O) groups is 3. The van der Waals surface area contributed by atoms with E-state index in [4.69, 9.17) is 9.72 Å². The van der Waals surface area contributed by atoms with Gasteiger partial charge in [0.25, 0.3) is 12.3 Å². The number of imide groups is 1. The topological polar surface area (TPSA) is 169 Å². The molecular weight excluding hydrogens is 846 g/mol. The number of piperazine rings is 1. The van der Waals surface area contributed by atoms with Crippen LogP contribution in [0.25, 0.3) is 16.7 Å². The van der Waals surface area contributed by atoms with Gasteiger partial charge >= 0.3 is 5.69 Å². The molecule has 344 valence electrons. The van der Waals surface area contributed by atoms with Crippen LogP contribution >= 0.6 is 0 Å². The lowest BCUT2D eigenvalue weighted by Crippen LogP contribution is -2.54. The highest BCUT2D eigenvalue weighted by Gasteiger charge is 2.48. The minimum atomic E-state index is -2.88. The maximum Gasteiger partial charge on any atom is 0.329 e. The summed E-state index contributed by atoms with van der Waals surface area (Å²) < 4.78 is 56.8. The number of alkyl halides is 3. The van der Waals surface area contributed by atoms with Crippen molar-refractivity contribution in [1.29, 1.82) is 0 Å². The monoisotopic (exact) mass is 898 g/mol. The van der Waals surface area contributed by atoms with Crippen molar-refractivity contribution in [2.45, 2.75) is 100 Å². The lowest BCUT2D eigenvalue weighted by Gasteiger charge is -2.46. The normalized spacial score (nSPS) is 28.7. The number of ether oxygens (including phenoxy) is 1. The molecule has 0 radical (unpaired) electrons. The number of imidazole rings is 1. The van der Waals surface area contributed by atoms with Crippen LogP contribution in [0.1, 0.15) is 104 Å². The van der Waals surface area contributed by atoms with Gasteiger partial charge in [0, 0.05) is 71.7 Å². The van der Waals surface area contributed by atoms with Crippen LogP contribution in [-0.2, 0) is 21.4 Å². The number of halogens is 3. The van der Waals surface area contributed by atoms with Crippen molar-refractivity contribution in [2.24, 2.45) is 13.0 Å². The summed E-state index contributed by atoms with van der Waals surface area (Å²) in [5, 5.41) is 13.6. The molecule has 11 rings (SSSR count). The second kappa shape index (κ2) is 16.4. The first kappa shape index (κ1) is 42.1. The molecule has 2 saturated carbocycles. The predicted octanol–water partition coefficient (Wildman–Crippen LogP) is 4.36. The number of aromatic nitrogens is 7. The quantitative estimate of drug-likeness (QED) is 0.181. The number of nitrogens with zero attached hydrogens (tertiary/aromatic N) is 10. The van der Waals surface area contributed by atoms with Gasteiger partial charge in [-0.1, -0.05) is 12.1 Å². The van der Waals surface area contributed by atoms with Crippen molar-refractivity contribution < 1.29 is 32.3 Å². The van der Waals surface area contributed by atoms with Crippen molar-refractivity contribution in [3.63, 3.8) is 0 Å². The second-order valence-corrected chi connectivity index (χ2v) is 19.2. The number of fused-ring (bicyclic) bond motifs is 4. The third-order valence-electron chi connectivity index (χ3n) is 15.0. The smallest absolute Gasteiger partial charge is 0.329 e. The van der Waals surface area contributed by atoms with Gasteiger partial charge in [-0.05, 0) is 80.9 Å². The number of anilines is 2. The van der Waals surface area contributed by atoms with Gasteiger partial charge in [-0.3, -0.25) is 38.4 Å². The first-order valence-corrected chi connectivity index (χ1v) is 23.0. The van der Waals surface area contributed by atoms with E-state index in [1.54, 1.807) is 22.5 Å². The summed E-state index contributed by atoms with van der Waals surface area (Å²) in [5.74, 6) is -0.290. The number of morpholine rings is 1. The Morgan fingerprint density at radius 1 is 1.02 bits per heavy atom. The third-order valence-corrected chi connectivity index (χ3v) is 15.0. The number of rotatable bonds is 11. The average Bonchev–Trinajstić information content (AvgIpc) is 4.14. The van der Waals surface area contributed by atoms with Gasteiger partial charge < -0.3 is 19.9 Å². The molecule has 20 heteroatoms. The second-order valence-electron chi connectivity index (χ2n) is 19.2. The van der Waals surface area contributed by atoms with E-state index in [2.05, 4.69) is 35.5 Å². The number of piperidine rings is 1. The standard InChI is InChI=1S/C45H53F3N12O5/c1-54-39-31(3-2-4-34(39)60(44(54)64)35-9-10-37(61)52-43(35)63)27-18-45(48,19-27)25-56-15-13-55(14-16-56)21-26-5-7-28(8-6-26)59-23-33(38(53-59)40(46)47)50-42(62)32-20-49-58-12-11-36(51-41(32)58)57-22-30-17-29(57)24-65-30/h2-4,11-12,20,23,26-30,35,40H,5-10,13-19,21-22,24-25H2,1H3,(H,50,62)(H,52,61,63)/t26-,27-,28-,29?,30-,35?,45+/m1/s1. The lowest BCUT2D eigenvalue weighted by atomic mass is 9.68. The first-order chi connectivity index (χ1) is 31.4. The van der Waals surface area contributed by atoms with Crippen LogP contribution in [0.3, 0.4) is 0 Å². The molecule has 2 bridgehead atoms. The molecule has 6 fully saturated rings. The van der Waals surface area contributed by atoms with Crippen LogP contribution in [0, 0.1) is 5.92 Å². The number of amides is 3. The summed E-state index contributed by atoms with van der Waals surface area (Å²) in [6, 6.07) is 6.87. The summed E-state index contributed by atoms with van der Waals surface area (Å²) in [6.45, 7) is 5.86. The van der Waals surface area contributed by atoms with Crippen molar-refractivity contribution in [3.8, 4) is 0 Å². The van der Waals surface area contributed by atoms with E-state index in [-0.39, 0.29) is 59.8 Å². The van der Waals surface area contributed by atoms with E-state index in [9.17, 15) is 28.0 Å². The van der Waals surface area contributed by atoms with Gasteiger partial charge in [0.05, 0.1) is 47.7 Å². The Bertz CT molecular complexity index is 2730. The number of benzene rings is 1. The Morgan fingerprint density at radius 3 is 2.52 bits per heavy atom. The summed E-state index contributed by atoms with van der Waals surface area (Å²) in [5.41, 5.74) is 0.614. The zero-order chi connectivity index (χ0) is 44.7. The van der Waals surface area contributed by atoms with Crippen LogP contribution in [0.2, 0.25) is 0 Å². The number of carbonyl (C=O) groups excluding carboxylic acids is 3. The molecule has 17 nitrogen and oxygen atoms in total. The van der Waals surface area contributed by atoms with Crippen molar-refractivity contribution >= 4 is 45.9 Å². The van der Waals surface area contributed by atoms with Crippen LogP contribution in [0.4, 0.5) is 24.7 Å². The highest BCUT2D eigenvalue weighted by atomic mass is 19.3. The Labute approximate surface area is 371 Å². The summed E-state index contributed by atoms with van der Waals surface area (Å²) in [4.78, 5) is 63.0. The van der Waals surface area contributed by atoms with Gasteiger partial charge in [0.15, 0.2) is 11.3 Å². The minimum absolute atomic E-state index is 0.0204. The van der Waals surface area contributed by atoms with E-state index >= 15 is 4.39 Å². The van der Waals surface area contributed by atoms with Crippen LogP contribution < -0.4 is 21.2 Å². The number of nitrogens with one attached hydrogen (secondary N) is 2. The molecule has 2 unspecified atom stereocenters. The SMILES string of the molecule is Cn1c(=O)n(C2CCC(=O)NC2=O)c2cccc([C@H]3C[C@](F)(CN4CCN(C[C@H]5CC[C@H](n6cc(NC(=O)c7cnn8ccc(N9C[C@H]%10CC9CO%10)nc78)c(C(F)F)n6)CC5)CC4)C3)c21. The fourth-order valence-corrected chi connectivity index (χ4v) is 11.6. The Kier molecular flexibility index (Phi) is 10.6. The molecule has 4 aromatic heterocycles. The zero-order valence-electron chi connectivity index (χ0n) is 36.3. The molecule has 65 heavy (non-hydrogen) atoms. The van der Waals surface area contributed by atoms with Crippen LogP contribution in [0.5, 0.6) is 0 Å². The highest BCUT2D eigenvalue weighted by molar-refractivity contribution is 6.08. The van der Waals surface area contributed by atoms with Gasteiger partial charge in [0.1, 0.15) is 23.1 Å². The zero-order valence-corrected chi connectivity index (χ0v) is 36.3. The minimum Gasteiger partial charge on any atom is -0.374 e. The molecule has 6 aliphatic rings. The third kappa shape index (κ3) is 7.69. The average molecular weight is 899 g/mol. The Morgan fingerprint density at radius 2 is 1.80 bits per heavy atom. The molecule has 5 aromatic rings. The summed E-state index contributed by atoms with van der Waals surface area (Å²) in [7, 11) is 1.68. The van der Waals surface area contributed by atoms with E-state index in [1.165, 1.54) is 21.5 Å². The molecule has 2 N–H and O–H groups in total. The summed E-state index contributed by atoms with van der Waals surface area (Å²) >= 11 is 0. The van der Waals surface area contributed by atoms with Gasteiger partial charge in [-0.25, -0.2) is 27.5 Å². The van der Waals surface area contributed by atoms with Gasteiger partial charge in [0.2, 0.25) is 11.8 Å². The van der Waals surface area contributed by atoms with Crippen molar-refractivity contribution in [2.75, 3.05) is 62.6 Å². The number of hydrogen-bond donors (Lipinski definition) is 2. The van der Waals surface area contributed by atoms with E-state index in [1.807, 2.05) is 24.3 Å². The molecule has 2 aliphatic carbocycles. The maximum absolute atomic E-state index is 16.3. The molecule has 8 heterocycles. The van der Waals surface area contributed by atoms with Gasteiger partial charge in [-0.2, -0.15) is 10.2 Å². The molecule has 0 spiro atoms. The molecule has 4 saturated heterocycles. The number of aryl methyl sites for hydroxylation is 1. The highest BCUT2D eigenvalue weighted by Crippen LogP contribution is 2.49. The van der Waals surface area contributed by atoms with Crippen LogP contribution in [0.15, 0.2) is 47.7 Å². The lowest BCUT2D eigenvalue weighted by molar-refractivity contribution is -0.135. The molecule has 3 amide bonds. The number of hydrogen-bond acceptors (Lipinski definition) is 11. The van der Waals surface area contributed by atoms with E-state index in [0.717, 1.165) is 82.8 Å². The summed E-state index contributed by atoms with van der Waals surface area (Å²) in [6.07, 6.45) is 7.44. The van der Waals surface area contributed by atoms with E-state index < -0.39 is 35.6 Å². The molecule has 4 aliphatic heterocycles. The maximum atomic E-state index is 16.3. The largest absolute Gasteiger partial charge is 0.374 e. The van der Waals surface area contributed by atoms with E-state index in [0.29, 0.717) is 48.6 Å².